The van der Waals surface area contributed by atoms with Gasteiger partial charge in [-0.3, -0.25) is 0 Å². The van der Waals surface area contributed by atoms with Crippen LogP contribution in [0.3, 0.4) is 0 Å². The zero-order valence-electron chi connectivity index (χ0n) is 21.0. The molecule has 0 radical (unpaired) electrons. The van der Waals surface area contributed by atoms with E-state index in [1.165, 1.54) is 29.7 Å². The average Bonchev–Trinajstić information content (AvgIpc) is 3.46. The lowest BCUT2D eigenvalue weighted by Crippen LogP contribution is -2.29. The van der Waals surface area contributed by atoms with Crippen molar-refractivity contribution in [1.82, 2.24) is 10.3 Å². The van der Waals surface area contributed by atoms with Gasteiger partial charge in [0.15, 0.2) is 0 Å². The van der Waals surface area contributed by atoms with E-state index in [2.05, 4.69) is 75.7 Å². The minimum atomic E-state index is -0.110. The van der Waals surface area contributed by atoms with Gasteiger partial charge in [0.25, 0.3) is 0 Å². The van der Waals surface area contributed by atoms with Crippen molar-refractivity contribution in [1.29, 1.82) is 0 Å². The molecule has 0 aliphatic carbocycles. The van der Waals surface area contributed by atoms with E-state index in [1.54, 1.807) is 13.4 Å². The average molecular weight is 463 g/mol. The lowest BCUT2D eigenvalue weighted by Gasteiger charge is -2.25. The summed E-state index contributed by atoms with van der Waals surface area (Å²) in [6.07, 6.45) is 6.34. The summed E-state index contributed by atoms with van der Waals surface area (Å²) in [4.78, 5) is 14.2. The molecule has 0 spiro atoms. The van der Waals surface area contributed by atoms with Crippen molar-refractivity contribution in [2.75, 3.05) is 62.1 Å². The van der Waals surface area contributed by atoms with Gasteiger partial charge in [0, 0.05) is 62.8 Å². The van der Waals surface area contributed by atoms with Crippen LogP contribution in [0.1, 0.15) is 31.0 Å². The van der Waals surface area contributed by atoms with Crippen LogP contribution in [0.15, 0.2) is 53.2 Å². The minimum absolute atomic E-state index is 0.110. The number of aliphatic imine (C=N–C) groups is 1. The number of rotatable bonds is 9. The highest BCUT2D eigenvalue weighted by molar-refractivity contribution is 5.77. The Morgan fingerprint density at radius 1 is 1.18 bits per heavy atom. The van der Waals surface area contributed by atoms with Crippen molar-refractivity contribution in [3.63, 3.8) is 0 Å². The SMILES string of the molecule is CNCc1cccc(N2C/C(=C\N=CNc3ccc(N4CCCC4)c(C)c3)[C@](C)(COC)C2)n1. The highest BCUT2D eigenvalue weighted by atomic mass is 16.5. The Kier molecular flexibility index (Phi) is 7.85. The van der Waals surface area contributed by atoms with Crippen LogP contribution in [-0.4, -0.2) is 58.3 Å². The molecule has 2 aromatic rings. The molecule has 1 aromatic carbocycles. The van der Waals surface area contributed by atoms with E-state index in [4.69, 9.17) is 9.72 Å². The van der Waals surface area contributed by atoms with Crippen LogP contribution in [0, 0.1) is 12.3 Å². The summed E-state index contributed by atoms with van der Waals surface area (Å²) in [6.45, 7) is 9.79. The van der Waals surface area contributed by atoms with Crippen LogP contribution in [0.2, 0.25) is 0 Å². The molecular weight excluding hydrogens is 424 g/mol. The van der Waals surface area contributed by atoms with Crippen LogP contribution in [0.25, 0.3) is 0 Å². The quantitative estimate of drug-likeness (QED) is 0.430. The first-order valence-electron chi connectivity index (χ1n) is 12.2. The molecule has 2 saturated heterocycles. The fourth-order valence-electron chi connectivity index (χ4n) is 5.01. The number of hydrogen-bond donors (Lipinski definition) is 2. The second-order valence-electron chi connectivity index (χ2n) is 9.64. The predicted octanol–water partition coefficient (Wildman–Crippen LogP) is 4.21. The molecular formula is C27H38N6O. The summed E-state index contributed by atoms with van der Waals surface area (Å²) in [5, 5.41) is 6.51. The number of ether oxygens (including phenoxy) is 1. The van der Waals surface area contributed by atoms with E-state index in [-0.39, 0.29) is 5.41 Å². The first-order valence-corrected chi connectivity index (χ1v) is 12.2. The number of aryl methyl sites for hydroxylation is 1. The molecule has 0 amide bonds. The van der Waals surface area contributed by atoms with Crippen LogP contribution in [0.5, 0.6) is 0 Å². The summed E-state index contributed by atoms with van der Waals surface area (Å²) in [6, 6.07) is 12.8. The molecule has 0 saturated carbocycles. The standard InChI is InChI=1S/C27H38N6O/c1-21-14-23(10-11-25(21)32-12-5-6-13-32)30-20-29-15-22-17-33(18-27(22,2)19-34-4)26-9-7-8-24(31-26)16-28-3/h7-11,14-15,20,28H,5-6,12-13,16-19H2,1-4H3,(H,29,30)/b22-15+/t27-/m0/s1. The van der Waals surface area contributed by atoms with Crippen molar-refractivity contribution in [2.45, 2.75) is 33.2 Å². The second-order valence-corrected chi connectivity index (χ2v) is 9.64. The number of hydrogen-bond acceptors (Lipinski definition) is 6. The maximum atomic E-state index is 5.58. The van der Waals surface area contributed by atoms with Gasteiger partial charge in [-0.25, -0.2) is 9.98 Å². The van der Waals surface area contributed by atoms with Gasteiger partial charge in [0.2, 0.25) is 0 Å². The largest absolute Gasteiger partial charge is 0.384 e. The van der Waals surface area contributed by atoms with Gasteiger partial charge in [-0.2, -0.15) is 0 Å². The van der Waals surface area contributed by atoms with Crippen molar-refractivity contribution < 1.29 is 4.74 Å². The Balaban J connectivity index is 1.44. The van der Waals surface area contributed by atoms with Gasteiger partial charge >= 0.3 is 0 Å². The Morgan fingerprint density at radius 2 is 2.00 bits per heavy atom. The van der Waals surface area contributed by atoms with E-state index in [0.29, 0.717) is 6.61 Å². The maximum Gasteiger partial charge on any atom is 0.129 e. The molecule has 182 valence electrons. The van der Waals surface area contributed by atoms with Gasteiger partial charge in [0.1, 0.15) is 5.82 Å². The third-order valence-corrected chi connectivity index (χ3v) is 6.79. The van der Waals surface area contributed by atoms with Crippen LogP contribution >= 0.6 is 0 Å². The lowest BCUT2D eigenvalue weighted by atomic mass is 9.86. The molecule has 2 fully saturated rings. The highest BCUT2D eigenvalue weighted by Crippen LogP contribution is 2.37. The molecule has 34 heavy (non-hydrogen) atoms. The Morgan fingerprint density at radius 3 is 2.74 bits per heavy atom. The van der Waals surface area contributed by atoms with Gasteiger partial charge in [-0.1, -0.05) is 13.0 Å². The Bertz CT molecular complexity index is 1030. The van der Waals surface area contributed by atoms with E-state index in [9.17, 15) is 0 Å². The Labute approximate surface area is 203 Å². The Hall–Kier alpha value is -2.90. The van der Waals surface area contributed by atoms with Crippen LogP contribution in [0.4, 0.5) is 17.2 Å². The second kappa shape index (κ2) is 11.0. The third-order valence-electron chi connectivity index (χ3n) is 6.79. The maximum absolute atomic E-state index is 5.58. The first-order chi connectivity index (χ1) is 16.5. The fraction of sp³-hybridized carbons (Fsp3) is 0.481. The number of pyridine rings is 1. The molecule has 2 aliphatic rings. The molecule has 7 nitrogen and oxygen atoms in total. The molecule has 3 heterocycles. The number of nitrogens with one attached hydrogen (secondary N) is 2. The number of methoxy groups -OCH3 is 1. The topological polar surface area (TPSA) is 65.0 Å². The summed E-state index contributed by atoms with van der Waals surface area (Å²) in [5.41, 5.74) is 5.87. The number of benzene rings is 1. The summed E-state index contributed by atoms with van der Waals surface area (Å²) in [5.74, 6) is 0.995. The van der Waals surface area contributed by atoms with E-state index < -0.39 is 0 Å². The molecule has 2 N–H and O–H groups in total. The van der Waals surface area contributed by atoms with Crippen molar-refractivity contribution in [3.05, 3.63) is 59.4 Å². The van der Waals surface area contributed by atoms with Crippen molar-refractivity contribution in [2.24, 2.45) is 10.4 Å². The third kappa shape index (κ3) is 5.59. The lowest BCUT2D eigenvalue weighted by molar-refractivity contribution is 0.127. The summed E-state index contributed by atoms with van der Waals surface area (Å²) in [7, 11) is 3.70. The smallest absolute Gasteiger partial charge is 0.129 e. The van der Waals surface area contributed by atoms with Crippen LogP contribution < -0.4 is 20.4 Å². The van der Waals surface area contributed by atoms with Crippen molar-refractivity contribution in [3.8, 4) is 0 Å². The zero-order chi connectivity index (χ0) is 24.0. The van der Waals surface area contributed by atoms with E-state index in [0.717, 1.165) is 49.9 Å². The van der Waals surface area contributed by atoms with Gasteiger partial charge in [-0.15, -0.1) is 0 Å². The number of anilines is 3. The number of nitrogens with zero attached hydrogens (tertiary/aromatic N) is 4. The molecule has 1 aromatic heterocycles. The molecule has 7 heteroatoms. The van der Waals surface area contributed by atoms with Crippen molar-refractivity contribution >= 4 is 23.5 Å². The van der Waals surface area contributed by atoms with Gasteiger partial charge in [-0.05, 0) is 68.3 Å². The van der Waals surface area contributed by atoms with E-state index in [1.807, 2.05) is 13.2 Å². The first kappa shape index (κ1) is 24.2. The highest BCUT2D eigenvalue weighted by Gasteiger charge is 2.39. The van der Waals surface area contributed by atoms with Crippen LogP contribution in [-0.2, 0) is 11.3 Å². The molecule has 2 aliphatic heterocycles. The summed E-state index contributed by atoms with van der Waals surface area (Å²) < 4.78 is 5.58. The fourth-order valence-corrected chi connectivity index (χ4v) is 5.01. The monoisotopic (exact) mass is 462 g/mol. The normalized spacial score (nSPS) is 21.8. The summed E-state index contributed by atoms with van der Waals surface area (Å²) >= 11 is 0. The molecule has 0 bridgehead atoms. The van der Waals surface area contributed by atoms with E-state index >= 15 is 0 Å². The van der Waals surface area contributed by atoms with Gasteiger partial charge < -0.3 is 25.2 Å². The molecule has 1 atom stereocenters. The molecule has 0 unspecified atom stereocenters. The predicted molar refractivity (Wildman–Crippen MR) is 142 cm³/mol. The zero-order valence-corrected chi connectivity index (χ0v) is 21.0. The molecule has 4 rings (SSSR count). The number of aromatic nitrogens is 1. The minimum Gasteiger partial charge on any atom is -0.384 e. The van der Waals surface area contributed by atoms with Gasteiger partial charge in [0.05, 0.1) is 18.6 Å².